The number of hydrogen-bond donors (Lipinski definition) is 1. The summed E-state index contributed by atoms with van der Waals surface area (Å²) in [6, 6.07) is 7.81. The summed E-state index contributed by atoms with van der Waals surface area (Å²) >= 11 is 1.65. The largest absolute Gasteiger partial charge is 0.502 e. The third-order valence-electron chi connectivity index (χ3n) is 3.94. The molecule has 0 amide bonds. The van der Waals surface area contributed by atoms with Crippen molar-refractivity contribution in [3.8, 4) is 17.2 Å². The van der Waals surface area contributed by atoms with E-state index >= 15 is 0 Å². The summed E-state index contributed by atoms with van der Waals surface area (Å²) < 4.78 is 11.5. The third-order valence-corrected chi connectivity index (χ3v) is 4.92. The SMILES string of the molecule is COc1cc(/C=C/c2nc3cc(C)c(C)cc3s2)cc(OC)c1O. The van der Waals surface area contributed by atoms with Gasteiger partial charge in [0.15, 0.2) is 11.5 Å². The Morgan fingerprint density at radius 3 is 2.21 bits per heavy atom. The number of phenolic OH excluding ortho intramolecular Hbond substituents is 1. The Kier molecular flexibility index (Phi) is 4.44. The second-order valence-corrected chi connectivity index (χ2v) is 6.63. The Morgan fingerprint density at radius 1 is 0.958 bits per heavy atom. The van der Waals surface area contributed by atoms with E-state index in [0.29, 0.717) is 11.5 Å². The van der Waals surface area contributed by atoms with Crippen LogP contribution in [0.4, 0.5) is 0 Å². The molecule has 24 heavy (non-hydrogen) atoms. The number of phenols is 1. The van der Waals surface area contributed by atoms with Gasteiger partial charge in [0, 0.05) is 0 Å². The molecule has 1 aromatic heterocycles. The van der Waals surface area contributed by atoms with E-state index in [4.69, 9.17) is 9.47 Å². The minimum absolute atomic E-state index is 0.00286. The van der Waals surface area contributed by atoms with Crippen molar-refractivity contribution in [1.82, 2.24) is 4.98 Å². The molecule has 1 heterocycles. The summed E-state index contributed by atoms with van der Waals surface area (Å²) in [5.74, 6) is 0.761. The molecule has 0 aliphatic carbocycles. The van der Waals surface area contributed by atoms with Crippen molar-refractivity contribution in [1.29, 1.82) is 0 Å². The lowest BCUT2D eigenvalue weighted by molar-refractivity contribution is 0.340. The van der Waals surface area contributed by atoms with Crippen molar-refractivity contribution in [2.24, 2.45) is 0 Å². The first-order valence-electron chi connectivity index (χ1n) is 7.52. The van der Waals surface area contributed by atoms with Gasteiger partial charge in [-0.05, 0) is 60.9 Å². The van der Waals surface area contributed by atoms with Gasteiger partial charge >= 0.3 is 0 Å². The van der Waals surface area contributed by atoms with Crippen LogP contribution in [-0.2, 0) is 0 Å². The van der Waals surface area contributed by atoms with Crippen molar-refractivity contribution >= 4 is 33.7 Å². The zero-order valence-corrected chi connectivity index (χ0v) is 14.9. The number of nitrogens with zero attached hydrogens (tertiary/aromatic N) is 1. The predicted octanol–water partition coefficient (Wildman–Crippen LogP) is 4.81. The number of methoxy groups -OCH3 is 2. The standard InChI is InChI=1S/C19H19NO3S/c1-11-7-14-17(8-12(11)2)24-18(20-14)6-5-13-9-15(22-3)19(21)16(10-13)23-4/h5-10,21H,1-4H3/b6-5+. The Morgan fingerprint density at radius 2 is 1.58 bits per heavy atom. The molecule has 1 N–H and O–H groups in total. The highest BCUT2D eigenvalue weighted by molar-refractivity contribution is 7.19. The van der Waals surface area contributed by atoms with Gasteiger partial charge in [0.05, 0.1) is 24.4 Å². The van der Waals surface area contributed by atoms with Gasteiger partial charge in [0.1, 0.15) is 5.01 Å². The third kappa shape index (κ3) is 3.08. The van der Waals surface area contributed by atoms with E-state index in [2.05, 4.69) is 31.0 Å². The van der Waals surface area contributed by atoms with E-state index in [1.807, 2.05) is 12.2 Å². The van der Waals surface area contributed by atoms with Crippen molar-refractivity contribution in [3.63, 3.8) is 0 Å². The van der Waals surface area contributed by atoms with Crippen LogP contribution >= 0.6 is 11.3 Å². The van der Waals surface area contributed by atoms with Gasteiger partial charge in [-0.3, -0.25) is 0 Å². The summed E-state index contributed by atoms with van der Waals surface area (Å²) in [6.45, 7) is 4.21. The molecule has 0 atom stereocenters. The lowest BCUT2D eigenvalue weighted by Gasteiger charge is -2.09. The second kappa shape index (κ2) is 6.53. The molecule has 4 nitrogen and oxygen atoms in total. The van der Waals surface area contributed by atoms with E-state index in [1.54, 1.807) is 23.5 Å². The van der Waals surface area contributed by atoms with Crippen LogP contribution in [0.5, 0.6) is 17.2 Å². The average molecular weight is 341 g/mol. The van der Waals surface area contributed by atoms with Crippen LogP contribution in [0.3, 0.4) is 0 Å². The summed E-state index contributed by atoms with van der Waals surface area (Å²) in [4.78, 5) is 4.65. The highest BCUT2D eigenvalue weighted by Gasteiger charge is 2.10. The van der Waals surface area contributed by atoms with Crippen LogP contribution in [0.1, 0.15) is 21.7 Å². The number of thiazole rings is 1. The van der Waals surface area contributed by atoms with E-state index in [-0.39, 0.29) is 5.75 Å². The first-order valence-corrected chi connectivity index (χ1v) is 8.34. The topological polar surface area (TPSA) is 51.6 Å². The van der Waals surface area contributed by atoms with Crippen molar-refractivity contribution < 1.29 is 14.6 Å². The van der Waals surface area contributed by atoms with Gasteiger partial charge in [-0.2, -0.15) is 0 Å². The number of fused-ring (bicyclic) bond motifs is 1. The van der Waals surface area contributed by atoms with Crippen LogP contribution in [0, 0.1) is 13.8 Å². The molecule has 3 rings (SSSR count). The zero-order chi connectivity index (χ0) is 17.3. The van der Waals surface area contributed by atoms with E-state index in [1.165, 1.54) is 30.0 Å². The Bertz CT molecular complexity index is 864. The van der Waals surface area contributed by atoms with Crippen LogP contribution < -0.4 is 9.47 Å². The lowest BCUT2D eigenvalue weighted by atomic mass is 10.1. The molecule has 3 aromatic rings. The lowest BCUT2D eigenvalue weighted by Crippen LogP contribution is -1.90. The van der Waals surface area contributed by atoms with Crippen LogP contribution in [0.25, 0.3) is 22.4 Å². The summed E-state index contributed by atoms with van der Waals surface area (Å²) in [6.07, 6.45) is 3.89. The number of ether oxygens (including phenoxy) is 2. The molecular weight excluding hydrogens is 322 g/mol. The van der Waals surface area contributed by atoms with Crippen molar-refractivity contribution in [2.45, 2.75) is 13.8 Å². The molecule has 2 aromatic carbocycles. The Labute approximate surface area is 145 Å². The molecular formula is C19H19NO3S. The van der Waals surface area contributed by atoms with Gasteiger partial charge < -0.3 is 14.6 Å². The minimum Gasteiger partial charge on any atom is -0.502 e. The Hall–Kier alpha value is -2.53. The van der Waals surface area contributed by atoms with E-state index < -0.39 is 0 Å². The molecule has 0 radical (unpaired) electrons. The normalized spacial score (nSPS) is 11.3. The predicted molar refractivity (Wildman–Crippen MR) is 99.2 cm³/mol. The average Bonchev–Trinajstić information content (AvgIpc) is 2.96. The molecule has 5 heteroatoms. The number of benzene rings is 2. The number of aromatic hydroxyl groups is 1. The first kappa shape index (κ1) is 16.3. The van der Waals surface area contributed by atoms with Crippen LogP contribution in [0.2, 0.25) is 0 Å². The molecule has 0 spiro atoms. The molecule has 0 aliphatic rings. The van der Waals surface area contributed by atoms with Gasteiger partial charge in [-0.15, -0.1) is 11.3 Å². The van der Waals surface area contributed by atoms with Gasteiger partial charge in [0.25, 0.3) is 0 Å². The first-order chi connectivity index (χ1) is 11.5. The molecule has 124 valence electrons. The minimum atomic E-state index is 0.00286. The molecule has 0 saturated carbocycles. The highest BCUT2D eigenvalue weighted by atomic mass is 32.1. The van der Waals surface area contributed by atoms with Crippen molar-refractivity contribution in [3.05, 3.63) is 46.0 Å². The fraction of sp³-hybridized carbons (Fsp3) is 0.211. The molecule has 0 saturated heterocycles. The number of aryl methyl sites for hydroxylation is 2. The smallest absolute Gasteiger partial charge is 0.200 e. The maximum atomic E-state index is 9.96. The maximum absolute atomic E-state index is 9.96. The Balaban J connectivity index is 1.96. The monoisotopic (exact) mass is 341 g/mol. The number of rotatable bonds is 4. The van der Waals surface area contributed by atoms with Crippen LogP contribution in [-0.4, -0.2) is 24.3 Å². The maximum Gasteiger partial charge on any atom is 0.200 e. The highest BCUT2D eigenvalue weighted by Crippen LogP contribution is 2.37. The van der Waals surface area contributed by atoms with E-state index in [9.17, 15) is 5.11 Å². The number of hydrogen-bond acceptors (Lipinski definition) is 5. The van der Waals surface area contributed by atoms with Gasteiger partial charge in [-0.1, -0.05) is 6.08 Å². The molecule has 0 bridgehead atoms. The zero-order valence-electron chi connectivity index (χ0n) is 14.1. The molecule has 0 fully saturated rings. The van der Waals surface area contributed by atoms with Crippen molar-refractivity contribution in [2.75, 3.05) is 14.2 Å². The van der Waals surface area contributed by atoms with E-state index in [0.717, 1.165) is 16.1 Å². The number of aromatic nitrogens is 1. The fourth-order valence-corrected chi connectivity index (χ4v) is 3.40. The summed E-state index contributed by atoms with van der Waals surface area (Å²) in [5.41, 5.74) is 4.41. The summed E-state index contributed by atoms with van der Waals surface area (Å²) in [5, 5.41) is 10.9. The quantitative estimate of drug-likeness (QED) is 0.740. The second-order valence-electron chi connectivity index (χ2n) is 5.56. The molecule has 0 aliphatic heterocycles. The summed E-state index contributed by atoms with van der Waals surface area (Å²) in [7, 11) is 3.03. The molecule has 0 unspecified atom stereocenters. The fourth-order valence-electron chi connectivity index (χ4n) is 2.45. The van der Waals surface area contributed by atoms with Gasteiger partial charge in [0.2, 0.25) is 5.75 Å². The van der Waals surface area contributed by atoms with Crippen LogP contribution in [0.15, 0.2) is 24.3 Å². The van der Waals surface area contributed by atoms with Gasteiger partial charge in [-0.25, -0.2) is 4.98 Å².